The first-order chi connectivity index (χ1) is 9.23. The van der Waals surface area contributed by atoms with Gasteiger partial charge in [-0.2, -0.15) is 0 Å². The van der Waals surface area contributed by atoms with E-state index in [1.54, 1.807) is 0 Å². The Hall–Kier alpha value is -1.52. The highest BCUT2D eigenvalue weighted by atomic mass is 35.5. The Labute approximate surface area is 126 Å². The summed E-state index contributed by atoms with van der Waals surface area (Å²) in [4.78, 5) is 22.7. The van der Waals surface area contributed by atoms with Crippen LogP contribution in [0.3, 0.4) is 0 Å². The Balaban J connectivity index is 2.97. The highest BCUT2D eigenvalue weighted by Crippen LogP contribution is 2.27. The van der Waals surface area contributed by atoms with Crippen LogP contribution >= 0.6 is 23.2 Å². The van der Waals surface area contributed by atoms with Crippen molar-refractivity contribution in [2.75, 3.05) is 0 Å². The third kappa shape index (κ3) is 3.99. The van der Waals surface area contributed by atoms with Gasteiger partial charge in [-0.15, -0.1) is 0 Å². The van der Waals surface area contributed by atoms with Crippen LogP contribution in [-0.2, 0) is 4.79 Å². The molecule has 4 nitrogen and oxygen atoms in total. The summed E-state index contributed by atoms with van der Waals surface area (Å²) in [6, 6.07) is 4.24. The molecule has 1 atom stereocenters. The number of benzene rings is 1. The normalized spacial score (nSPS) is 12.1. The minimum absolute atomic E-state index is 0.00808. The summed E-state index contributed by atoms with van der Waals surface area (Å²) in [5, 5.41) is 8.79. The van der Waals surface area contributed by atoms with Crippen LogP contribution in [-0.4, -0.2) is 22.4 Å². The van der Waals surface area contributed by atoms with Gasteiger partial charge in [0.1, 0.15) is 5.75 Å². The summed E-state index contributed by atoms with van der Waals surface area (Å²) in [5.74, 6) is -1.38. The van der Waals surface area contributed by atoms with Gasteiger partial charge in [0, 0.05) is 5.56 Å². The molecular weight excluding hydrogens is 303 g/mol. The largest absolute Gasteiger partial charge is 0.478 e. The van der Waals surface area contributed by atoms with Gasteiger partial charge in [-0.3, -0.25) is 4.79 Å². The average molecular weight is 317 g/mol. The molecule has 6 heteroatoms. The predicted octanol–water partition coefficient (Wildman–Crippen LogP) is 3.76. The molecule has 0 aliphatic rings. The Morgan fingerprint density at radius 1 is 1.35 bits per heavy atom. The van der Waals surface area contributed by atoms with Crippen LogP contribution in [0, 0.1) is 5.92 Å². The van der Waals surface area contributed by atoms with Crippen molar-refractivity contribution in [2.24, 2.45) is 5.92 Å². The van der Waals surface area contributed by atoms with E-state index in [1.807, 2.05) is 13.8 Å². The first-order valence-corrected chi connectivity index (χ1v) is 6.62. The van der Waals surface area contributed by atoms with E-state index in [0.29, 0.717) is 11.1 Å². The van der Waals surface area contributed by atoms with Crippen LogP contribution in [0.2, 0.25) is 5.02 Å². The molecule has 1 aromatic rings. The number of ketones is 1. The van der Waals surface area contributed by atoms with Gasteiger partial charge >= 0.3 is 5.97 Å². The number of carboxylic acid groups (broad SMARTS) is 1. The minimum atomic E-state index is -1.52. The summed E-state index contributed by atoms with van der Waals surface area (Å²) in [7, 11) is 0. The molecule has 0 aliphatic heterocycles. The number of hydrogen-bond donors (Lipinski definition) is 1. The van der Waals surface area contributed by atoms with Crippen molar-refractivity contribution >= 4 is 35.0 Å². The topological polar surface area (TPSA) is 63.6 Å². The lowest BCUT2D eigenvalue weighted by molar-refractivity contribution is -0.141. The summed E-state index contributed by atoms with van der Waals surface area (Å²) >= 11 is 11.5. The molecule has 0 fully saturated rings. The molecule has 0 aliphatic carbocycles. The molecule has 0 bridgehead atoms. The molecular formula is C14H14Cl2O4. The fourth-order valence-corrected chi connectivity index (χ4v) is 1.72. The van der Waals surface area contributed by atoms with Crippen molar-refractivity contribution in [3.63, 3.8) is 0 Å². The Morgan fingerprint density at radius 2 is 1.95 bits per heavy atom. The van der Waals surface area contributed by atoms with Gasteiger partial charge < -0.3 is 9.84 Å². The van der Waals surface area contributed by atoms with E-state index >= 15 is 0 Å². The van der Waals surface area contributed by atoms with Crippen molar-refractivity contribution in [2.45, 2.75) is 19.4 Å². The zero-order valence-corrected chi connectivity index (χ0v) is 12.5. The second-order valence-electron chi connectivity index (χ2n) is 4.42. The van der Waals surface area contributed by atoms with E-state index in [9.17, 15) is 9.59 Å². The quantitative estimate of drug-likeness (QED) is 0.493. The minimum Gasteiger partial charge on any atom is -0.478 e. The van der Waals surface area contributed by atoms with Crippen LogP contribution in [0.25, 0.3) is 0 Å². The highest BCUT2D eigenvalue weighted by Gasteiger charge is 2.19. The van der Waals surface area contributed by atoms with Crippen molar-refractivity contribution in [1.29, 1.82) is 0 Å². The van der Waals surface area contributed by atoms with Crippen LogP contribution in [0.4, 0.5) is 0 Å². The molecule has 0 saturated heterocycles. The molecule has 1 rings (SSSR count). The Bertz CT molecular complexity index is 552. The number of rotatable bonds is 6. The van der Waals surface area contributed by atoms with Gasteiger partial charge in [-0.05, 0) is 29.7 Å². The third-order valence-corrected chi connectivity index (χ3v) is 3.20. The molecule has 0 amide bonds. The second kappa shape index (κ2) is 6.77. The van der Waals surface area contributed by atoms with Gasteiger partial charge in [0.05, 0.1) is 5.02 Å². The van der Waals surface area contributed by atoms with Crippen molar-refractivity contribution in [3.05, 3.63) is 40.9 Å². The van der Waals surface area contributed by atoms with E-state index in [0.717, 1.165) is 0 Å². The van der Waals surface area contributed by atoms with Crippen molar-refractivity contribution in [1.82, 2.24) is 0 Å². The standard InChI is InChI=1S/C14H14Cl2O4/c1-7(2)8(3)12(17)10-5-4-9(6-11(10)15)20-13(16)14(18)19/h4-7,13H,3H2,1-2H3,(H,18,19). The summed E-state index contributed by atoms with van der Waals surface area (Å²) in [6.45, 7) is 7.44. The number of carbonyl (C=O) groups excluding carboxylic acids is 1. The number of carboxylic acids is 1. The third-order valence-electron chi connectivity index (χ3n) is 2.61. The SMILES string of the molecule is C=C(C(=O)c1ccc(OC(Cl)C(=O)O)cc1Cl)C(C)C. The number of Topliss-reactive ketones (excluding diaryl/α,β-unsaturated/α-hetero) is 1. The number of ether oxygens (including phenoxy) is 1. The monoisotopic (exact) mass is 316 g/mol. The molecule has 0 heterocycles. The lowest BCUT2D eigenvalue weighted by atomic mass is 9.96. The van der Waals surface area contributed by atoms with Gasteiger partial charge in [0.15, 0.2) is 5.78 Å². The maximum Gasteiger partial charge on any atom is 0.360 e. The number of allylic oxidation sites excluding steroid dienone is 1. The van der Waals surface area contributed by atoms with Gasteiger partial charge in [0.25, 0.3) is 5.56 Å². The van der Waals surface area contributed by atoms with E-state index < -0.39 is 11.5 Å². The maximum absolute atomic E-state index is 12.1. The van der Waals surface area contributed by atoms with E-state index in [-0.39, 0.29) is 22.5 Å². The van der Waals surface area contributed by atoms with Crippen LogP contribution in [0.1, 0.15) is 24.2 Å². The number of halogens is 2. The molecule has 0 aromatic heterocycles. The fourth-order valence-electron chi connectivity index (χ4n) is 1.36. The molecule has 1 aromatic carbocycles. The maximum atomic E-state index is 12.1. The lowest BCUT2D eigenvalue weighted by Gasteiger charge is -2.12. The van der Waals surface area contributed by atoms with Gasteiger partial charge in [-0.25, -0.2) is 4.79 Å². The molecule has 1 N–H and O–H groups in total. The number of hydrogen-bond acceptors (Lipinski definition) is 3. The predicted molar refractivity (Wildman–Crippen MR) is 77.7 cm³/mol. The smallest absolute Gasteiger partial charge is 0.360 e. The van der Waals surface area contributed by atoms with Crippen LogP contribution < -0.4 is 4.74 Å². The number of carbonyl (C=O) groups is 2. The summed E-state index contributed by atoms with van der Waals surface area (Å²) in [5.41, 5.74) is -0.779. The Kier molecular flexibility index (Phi) is 5.60. The molecule has 0 saturated carbocycles. The fraction of sp³-hybridized carbons (Fsp3) is 0.286. The number of aliphatic carboxylic acids is 1. The zero-order valence-electron chi connectivity index (χ0n) is 11.0. The average Bonchev–Trinajstić information content (AvgIpc) is 2.36. The van der Waals surface area contributed by atoms with Crippen LogP contribution in [0.5, 0.6) is 5.75 Å². The van der Waals surface area contributed by atoms with Crippen molar-refractivity contribution < 1.29 is 19.4 Å². The first-order valence-electron chi connectivity index (χ1n) is 5.80. The molecule has 0 spiro atoms. The van der Waals surface area contributed by atoms with Gasteiger partial charge in [0.2, 0.25) is 0 Å². The Morgan fingerprint density at radius 3 is 2.40 bits per heavy atom. The lowest BCUT2D eigenvalue weighted by Crippen LogP contribution is -2.20. The van der Waals surface area contributed by atoms with Crippen molar-refractivity contribution in [3.8, 4) is 5.75 Å². The van der Waals surface area contributed by atoms with Crippen LogP contribution in [0.15, 0.2) is 30.4 Å². The summed E-state index contributed by atoms with van der Waals surface area (Å²) in [6.07, 6.45) is 0. The second-order valence-corrected chi connectivity index (χ2v) is 5.23. The van der Waals surface area contributed by atoms with E-state index in [2.05, 4.69) is 6.58 Å². The molecule has 108 valence electrons. The first kappa shape index (κ1) is 16.5. The highest BCUT2D eigenvalue weighted by molar-refractivity contribution is 6.35. The number of alkyl halides is 1. The molecule has 0 radical (unpaired) electrons. The van der Waals surface area contributed by atoms with E-state index in [4.69, 9.17) is 33.0 Å². The molecule has 1 unspecified atom stereocenters. The zero-order chi connectivity index (χ0) is 15.4. The van der Waals surface area contributed by atoms with Gasteiger partial charge in [-0.1, -0.05) is 43.6 Å². The molecule has 20 heavy (non-hydrogen) atoms. The van der Waals surface area contributed by atoms with E-state index in [1.165, 1.54) is 18.2 Å². The summed E-state index contributed by atoms with van der Waals surface area (Å²) < 4.78 is 4.95.